The lowest BCUT2D eigenvalue weighted by molar-refractivity contribution is -0.154. The molecule has 1 heterocycles. The molecular formula is C15H13Cl2N3O7. The van der Waals surface area contributed by atoms with Gasteiger partial charge >= 0.3 is 17.9 Å². The van der Waals surface area contributed by atoms with Crippen molar-refractivity contribution < 1.29 is 33.3 Å². The zero-order chi connectivity index (χ0) is 20.1. The average Bonchev–Trinajstić information content (AvgIpc) is 3.10. The molecule has 1 atom stereocenters. The smallest absolute Gasteiger partial charge is 0.370 e. The number of carbonyl (C=O) groups is 3. The second-order valence-electron chi connectivity index (χ2n) is 4.78. The van der Waals surface area contributed by atoms with Crippen molar-refractivity contribution in [3.63, 3.8) is 0 Å². The molecule has 0 radical (unpaired) electrons. The summed E-state index contributed by atoms with van der Waals surface area (Å²) in [4.78, 5) is 36.2. The van der Waals surface area contributed by atoms with Gasteiger partial charge < -0.3 is 18.9 Å². The van der Waals surface area contributed by atoms with Crippen LogP contribution in [0.25, 0.3) is 0 Å². The third-order valence-corrected chi connectivity index (χ3v) is 3.74. The monoisotopic (exact) mass is 417 g/mol. The van der Waals surface area contributed by atoms with Crippen molar-refractivity contribution in [2.75, 3.05) is 21.3 Å². The molecule has 0 spiro atoms. The van der Waals surface area contributed by atoms with E-state index in [-0.39, 0.29) is 10.8 Å². The van der Waals surface area contributed by atoms with Crippen LogP contribution in [0.1, 0.15) is 27.2 Å². The minimum Gasteiger partial charge on any atom is -0.465 e. The lowest BCUT2D eigenvalue weighted by Crippen LogP contribution is -2.30. The maximum absolute atomic E-state index is 12.2. The summed E-state index contributed by atoms with van der Waals surface area (Å²) in [6, 6.07) is 4.26. The molecule has 0 N–H and O–H groups in total. The number of nitrogens with zero attached hydrogens (tertiary/aromatic N) is 3. The van der Waals surface area contributed by atoms with Gasteiger partial charge in [0.05, 0.1) is 26.4 Å². The molecule has 0 aliphatic carbocycles. The average molecular weight is 418 g/mol. The molecule has 0 aliphatic rings. The highest BCUT2D eigenvalue weighted by molar-refractivity contribution is 6.35. The first-order chi connectivity index (χ1) is 12.8. The van der Waals surface area contributed by atoms with E-state index >= 15 is 0 Å². The molecule has 144 valence electrons. The molecule has 2 aromatic rings. The Morgan fingerprint density at radius 3 is 2.26 bits per heavy atom. The summed E-state index contributed by atoms with van der Waals surface area (Å²) in [7, 11) is 3.26. The zero-order valence-electron chi connectivity index (χ0n) is 14.3. The lowest BCUT2D eigenvalue weighted by atomic mass is 10.3. The van der Waals surface area contributed by atoms with Gasteiger partial charge in [0.1, 0.15) is 5.75 Å². The van der Waals surface area contributed by atoms with Gasteiger partial charge in [-0.1, -0.05) is 28.4 Å². The predicted molar refractivity (Wildman–Crippen MR) is 90.8 cm³/mol. The topological polar surface area (TPSA) is 119 Å². The first kappa shape index (κ1) is 20.5. The van der Waals surface area contributed by atoms with E-state index in [1.165, 1.54) is 18.2 Å². The Labute approximate surface area is 162 Å². The Morgan fingerprint density at radius 1 is 1.04 bits per heavy atom. The molecule has 2 rings (SSSR count). The molecule has 0 fully saturated rings. The van der Waals surface area contributed by atoms with E-state index < -0.39 is 35.5 Å². The molecule has 0 bridgehead atoms. The van der Waals surface area contributed by atoms with E-state index in [2.05, 4.69) is 24.5 Å². The summed E-state index contributed by atoms with van der Waals surface area (Å²) in [6.07, 6.45) is -1.64. The molecule has 0 aliphatic heterocycles. The van der Waals surface area contributed by atoms with Crippen LogP contribution < -0.4 is 4.74 Å². The minimum absolute atomic E-state index is 0.0439. The minimum atomic E-state index is -1.64. The van der Waals surface area contributed by atoms with Crippen LogP contribution in [-0.4, -0.2) is 54.2 Å². The highest BCUT2D eigenvalue weighted by Gasteiger charge is 2.35. The van der Waals surface area contributed by atoms with E-state index in [9.17, 15) is 14.4 Å². The molecule has 1 aromatic heterocycles. The summed E-state index contributed by atoms with van der Waals surface area (Å²) in [5.74, 6) is -2.87. The number of benzene rings is 1. The molecule has 0 saturated carbocycles. The Hall–Kier alpha value is -2.85. The fourth-order valence-corrected chi connectivity index (χ4v) is 2.42. The zero-order valence-corrected chi connectivity index (χ0v) is 15.8. The van der Waals surface area contributed by atoms with Gasteiger partial charge in [-0.15, -0.1) is 5.10 Å². The lowest BCUT2D eigenvalue weighted by Gasteiger charge is -2.19. The maximum atomic E-state index is 12.2. The van der Waals surface area contributed by atoms with Crippen LogP contribution in [0, 0.1) is 0 Å². The van der Waals surface area contributed by atoms with Crippen molar-refractivity contribution in [3.05, 3.63) is 39.6 Å². The number of hydrogen-bond donors (Lipinski definition) is 0. The Kier molecular flexibility index (Phi) is 6.59. The Bertz CT molecular complexity index is 884. The van der Waals surface area contributed by atoms with Crippen LogP contribution in [0.4, 0.5) is 0 Å². The van der Waals surface area contributed by atoms with E-state index in [1.807, 2.05) is 0 Å². The van der Waals surface area contributed by atoms with E-state index in [0.717, 1.165) is 26.0 Å². The van der Waals surface area contributed by atoms with Crippen LogP contribution in [0.5, 0.6) is 5.75 Å². The molecule has 12 heteroatoms. The number of halogens is 2. The molecular weight excluding hydrogens is 405 g/mol. The van der Waals surface area contributed by atoms with Crippen LogP contribution in [0.15, 0.2) is 18.2 Å². The third kappa shape index (κ3) is 4.29. The number of rotatable bonds is 6. The SMILES string of the molecule is COC(=O)c1nnn(C(Oc2ccc(Cl)cc2Cl)C(=O)OC)c1C(=O)OC. The number of hydrogen-bond acceptors (Lipinski definition) is 9. The van der Waals surface area contributed by atoms with Crippen molar-refractivity contribution >= 4 is 41.1 Å². The third-order valence-electron chi connectivity index (χ3n) is 3.21. The molecule has 0 amide bonds. The van der Waals surface area contributed by atoms with Crippen LogP contribution in [0.3, 0.4) is 0 Å². The van der Waals surface area contributed by atoms with Gasteiger partial charge in [-0.2, -0.15) is 4.68 Å². The summed E-state index contributed by atoms with van der Waals surface area (Å²) in [6.45, 7) is 0. The van der Waals surface area contributed by atoms with Gasteiger partial charge in [-0.25, -0.2) is 14.4 Å². The van der Waals surface area contributed by atoms with Gasteiger partial charge in [0.15, 0.2) is 5.69 Å². The van der Waals surface area contributed by atoms with Crippen molar-refractivity contribution in [2.24, 2.45) is 0 Å². The van der Waals surface area contributed by atoms with Crippen molar-refractivity contribution in [2.45, 2.75) is 6.23 Å². The van der Waals surface area contributed by atoms with Crippen LogP contribution in [0.2, 0.25) is 10.0 Å². The van der Waals surface area contributed by atoms with E-state index in [0.29, 0.717) is 5.02 Å². The fraction of sp³-hybridized carbons (Fsp3) is 0.267. The second kappa shape index (κ2) is 8.69. The molecule has 27 heavy (non-hydrogen) atoms. The first-order valence-corrected chi connectivity index (χ1v) is 7.91. The fourth-order valence-electron chi connectivity index (χ4n) is 1.97. The largest absolute Gasteiger partial charge is 0.465 e. The van der Waals surface area contributed by atoms with E-state index in [1.54, 1.807) is 0 Å². The first-order valence-electron chi connectivity index (χ1n) is 7.15. The highest BCUT2D eigenvalue weighted by atomic mass is 35.5. The van der Waals surface area contributed by atoms with Gasteiger partial charge in [0.2, 0.25) is 5.69 Å². The quantitative estimate of drug-likeness (QED) is 0.512. The van der Waals surface area contributed by atoms with Gasteiger partial charge in [-0.3, -0.25) is 0 Å². The molecule has 1 aromatic carbocycles. The van der Waals surface area contributed by atoms with Gasteiger partial charge in [0.25, 0.3) is 6.23 Å². The Balaban J connectivity index is 2.57. The number of ether oxygens (including phenoxy) is 4. The highest BCUT2D eigenvalue weighted by Crippen LogP contribution is 2.30. The van der Waals surface area contributed by atoms with Crippen LogP contribution in [-0.2, 0) is 19.0 Å². The standard InChI is InChI=1S/C15H13Cl2N3O7/c1-24-13(21)10-11(14(22)25-2)20(19-18-10)12(15(23)26-3)27-9-5-4-7(16)6-8(9)17/h4-6,12H,1-3H3. The summed E-state index contributed by atoms with van der Waals surface area (Å²) >= 11 is 11.9. The normalized spacial score (nSPS) is 11.4. The van der Waals surface area contributed by atoms with Crippen molar-refractivity contribution in [3.8, 4) is 5.75 Å². The number of aromatic nitrogens is 3. The number of carbonyl (C=O) groups excluding carboxylic acids is 3. The maximum Gasteiger partial charge on any atom is 0.370 e. The molecule has 1 unspecified atom stereocenters. The van der Waals surface area contributed by atoms with Crippen molar-refractivity contribution in [1.82, 2.24) is 15.0 Å². The summed E-state index contributed by atoms with van der Waals surface area (Å²) in [5.41, 5.74) is -0.936. The van der Waals surface area contributed by atoms with Gasteiger partial charge in [0, 0.05) is 5.02 Å². The van der Waals surface area contributed by atoms with Crippen LogP contribution >= 0.6 is 23.2 Å². The molecule has 10 nitrogen and oxygen atoms in total. The van der Waals surface area contributed by atoms with Gasteiger partial charge in [-0.05, 0) is 18.2 Å². The Morgan fingerprint density at radius 2 is 1.70 bits per heavy atom. The number of methoxy groups -OCH3 is 3. The van der Waals surface area contributed by atoms with Crippen molar-refractivity contribution in [1.29, 1.82) is 0 Å². The summed E-state index contributed by atoms with van der Waals surface area (Å²) in [5, 5.41) is 7.63. The van der Waals surface area contributed by atoms with E-state index in [4.69, 9.17) is 27.9 Å². The second-order valence-corrected chi connectivity index (χ2v) is 5.63. The molecule has 0 saturated heterocycles. The number of esters is 3. The predicted octanol–water partition coefficient (Wildman–Crippen LogP) is 1.91. The summed E-state index contributed by atoms with van der Waals surface area (Å²) < 4.78 is 20.1.